The molecule has 102 valence electrons. The van der Waals surface area contributed by atoms with E-state index in [4.69, 9.17) is 5.11 Å². The summed E-state index contributed by atoms with van der Waals surface area (Å²) >= 11 is 0. The van der Waals surface area contributed by atoms with E-state index < -0.39 is 21.1 Å². The highest BCUT2D eigenvalue weighted by Crippen LogP contribution is 2.15. The van der Waals surface area contributed by atoms with Gasteiger partial charge in [0, 0.05) is 6.54 Å². The van der Waals surface area contributed by atoms with Gasteiger partial charge in [-0.1, -0.05) is 6.92 Å². The number of aliphatic carboxylic acids is 1. The number of carbonyl (C=O) groups is 1. The minimum absolute atomic E-state index is 0.0664. The highest BCUT2D eigenvalue weighted by molar-refractivity contribution is 7.92. The Morgan fingerprint density at radius 1 is 1.50 bits per heavy atom. The van der Waals surface area contributed by atoms with Gasteiger partial charge in [0.05, 0.1) is 17.1 Å². The summed E-state index contributed by atoms with van der Waals surface area (Å²) in [6, 6.07) is 1.68. The van der Waals surface area contributed by atoms with Gasteiger partial charge in [-0.05, 0) is 26.3 Å². The van der Waals surface area contributed by atoms with Crippen LogP contribution in [0.3, 0.4) is 0 Å². The lowest BCUT2D eigenvalue weighted by molar-refractivity contribution is -0.136. The Kier molecular flexibility index (Phi) is 4.50. The summed E-state index contributed by atoms with van der Waals surface area (Å²) in [6.45, 7) is 5.75. The Balaban J connectivity index is 3.05. The van der Waals surface area contributed by atoms with Crippen molar-refractivity contribution in [2.45, 2.75) is 44.7 Å². The number of rotatable bonds is 6. The summed E-state index contributed by atoms with van der Waals surface area (Å²) in [5, 5.41) is 11.7. The summed E-state index contributed by atoms with van der Waals surface area (Å²) in [7, 11) is -3.70. The predicted octanol–water partition coefficient (Wildman–Crippen LogP) is 0.989. The van der Waals surface area contributed by atoms with Crippen molar-refractivity contribution in [1.29, 1.82) is 0 Å². The second-order valence-corrected chi connectivity index (χ2v) is 6.32. The summed E-state index contributed by atoms with van der Waals surface area (Å²) in [6.07, 6.45) is 0.0664. The fourth-order valence-corrected chi connectivity index (χ4v) is 3.54. The van der Waals surface area contributed by atoms with Crippen LogP contribution >= 0.6 is 0 Å². The normalized spacial score (nSPS) is 13.5. The number of aromatic nitrogens is 2. The van der Waals surface area contributed by atoms with Gasteiger partial charge in [0.15, 0.2) is 15.1 Å². The molecule has 0 amide bonds. The molecule has 1 rings (SSSR count). The molecule has 0 spiro atoms. The third kappa shape index (κ3) is 3.10. The molecular weight excluding hydrogens is 256 g/mol. The van der Waals surface area contributed by atoms with Crippen LogP contribution in [0, 0.1) is 6.92 Å². The smallest absolute Gasteiger partial charge is 0.321 e. The first-order chi connectivity index (χ1) is 8.31. The van der Waals surface area contributed by atoms with Crippen LogP contribution in [0.15, 0.2) is 6.07 Å². The first-order valence-electron chi connectivity index (χ1n) is 5.79. The second-order valence-electron chi connectivity index (χ2n) is 4.14. The SMILES string of the molecule is CCC(C(=O)O)S(=O)(=O)Cc1cc(C)nn1CC. The van der Waals surface area contributed by atoms with E-state index in [9.17, 15) is 13.2 Å². The maximum absolute atomic E-state index is 12.0. The fourth-order valence-electron chi connectivity index (χ4n) is 1.88. The van der Waals surface area contributed by atoms with Crippen LogP contribution in [0.2, 0.25) is 0 Å². The first-order valence-corrected chi connectivity index (χ1v) is 7.51. The van der Waals surface area contributed by atoms with Crippen LogP contribution in [-0.2, 0) is 26.9 Å². The Morgan fingerprint density at radius 2 is 2.11 bits per heavy atom. The van der Waals surface area contributed by atoms with Gasteiger partial charge in [-0.2, -0.15) is 5.10 Å². The van der Waals surface area contributed by atoms with Crippen molar-refractivity contribution in [3.8, 4) is 0 Å². The molecule has 0 bridgehead atoms. The second kappa shape index (κ2) is 5.51. The molecule has 18 heavy (non-hydrogen) atoms. The molecule has 0 saturated carbocycles. The zero-order valence-electron chi connectivity index (χ0n) is 10.8. The first kappa shape index (κ1) is 14.7. The standard InChI is InChI=1S/C11H18N2O4S/c1-4-10(11(14)15)18(16,17)7-9-6-8(3)12-13(9)5-2/h6,10H,4-5,7H2,1-3H3,(H,14,15). The summed E-state index contributed by atoms with van der Waals surface area (Å²) in [5.74, 6) is -1.58. The molecule has 6 nitrogen and oxygen atoms in total. The van der Waals surface area contributed by atoms with Crippen LogP contribution in [0.1, 0.15) is 31.7 Å². The number of nitrogens with zero attached hydrogens (tertiary/aromatic N) is 2. The van der Waals surface area contributed by atoms with Crippen molar-refractivity contribution in [2.24, 2.45) is 0 Å². The molecule has 0 aliphatic carbocycles. The highest BCUT2D eigenvalue weighted by Gasteiger charge is 2.31. The number of carboxylic acids is 1. The third-order valence-corrected chi connectivity index (χ3v) is 4.81. The quantitative estimate of drug-likeness (QED) is 0.835. The molecule has 1 atom stereocenters. The van der Waals surface area contributed by atoms with E-state index in [0.717, 1.165) is 5.69 Å². The van der Waals surface area contributed by atoms with Crippen molar-refractivity contribution < 1.29 is 18.3 Å². The molecule has 7 heteroatoms. The van der Waals surface area contributed by atoms with Crippen molar-refractivity contribution in [3.05, 3.63) is 17.5 Å². The lowest BCUT2D eigenvalue weighted by Gasteiger charge is -2.11. The predicted molar refractivity (Wildman–Crippen MR) is 67.0 cm³/mol. The minimum Gasteiger partial charge on any atom is -0.480 e. The number of hydrogen-bond donors (Lipinski definition) is 1. The number of hydrogen-bond acceptors (Lipinski definition) is 4. The monoisotopic (exact) mass is 274 g/mol. The van der Waals surface area contributed by atoms with Gasteiger partial charge in [-0.3, -0.25) is 9.48 Å². The Hall–Kier alpha value is -1.37. The average Bonchev–Trinajstić information content (AvgIpc) is 2.57. The summed E-state index contributed by atoms with van der Waals surface area (Å²) in [4.78, 5) is 10.9. The molecule has 0 aromatic carbocycles. The molecule has 0 fully saturated rings. The molecule has 0 saturated heterocycles. The number of aryl methyl sites for hydroxylation is 2. The molecule has 0 radical (unpaired) electrons. The third-order valence-electron chi connectivity index (χ3n) is 2.71. The Bertz CT molecular complexity index is 533. The number of sulfone groups is 1. The zero-order valence-corrected chi connectivity index (χ0v) is 11.6. The molecule has 0 aliphatic rings. The molecule has 1 aromatic rings. The van der Waals surface area contributed by atoms with Crippen LogP contribution in [-0.4, -0.2) is 34.5 Å². The van der Waals surface area contributed by atoms with Gasteiger partial charge >= 0.3 is 5.97 Å². The van der Waals surface area contributed by atoms with Gasteiger partial charge in [-0.25, -0.2) is 8.42 Å². The maximum atomic E-state index is 12.0. The van der Waals surface area contributed by atoms with Crippen LogP contribution in [0.4, 0.5) is 0 Å². The molecule has 1 N–H and O–H groups in total. The molecular formula is C11H18N2O4S. The van der Waals surface area contributed by atoms with Crippen LogP contribution in [0.5, 0.6) is 0 Å². The lowest BCUT2D eigenvalue weighted by Crippen LogP contribution is -2.31. The van der Waals surface area contributed by atoms with E-state index in [2.05, 4.69) is 5.10 Å². The van der Waals surface area contributed by atoms with E-state index in [-0.39, 0.29) is 12.2 Å². The van der Waals surface area contributed by atoms with Gasteiger partial charge < -0.3 is 5.11 Å². The van der Waals surface area contributed by atoms with E-state index in [0.29, 0.717) is 12.2 Å². The van der Waals surface area contributed by atoms with Crippen molar-refractivity contribution >= 4 is 15.8 Å². The van der Waals surface area contributed by atoms with E-state index >= 15 is 0 Å². The van der Waals surface area contributed by atoms with Crippen LogP contribution < -0.4 is 0 Å². The van der Waals surface area contributed by atoms with Gasteiger partial charge in [0.2, 0.25) is 0 Å². The largest absolute Gasteiger partial charge is 0.480 e. The minimum atomic E-state index is -3.70. The lowest BCUT2D eigenvalue weighted by atomic mass is 10.3. The average molecular weight is 274 g/mol. The molecule has 1 unspecified atom stereocenters. The zero-order chi connectivity index (χ0) is 13.9. The molecule has 1 heterocycles. The van der Waals surface area contributed by atoms with Crippen molar-refractivity contribution in [2.75, 3.05) is 0 Å². The van der Waals surface area contributed by atoms with E-state index in [1.165, 1.54) is 0 Å². The summed E-state index contributed by atoms with van der Waals surface area (Å²) in [5.41, 5.74) is 1.26. The highest BCUT2D eigenvalue weighted by atomic mass is 32.2. The Morgan fingerprint density at radius 3 is 2.56 bits per heavy atom. The Labute approximate surface area is 107 Å². The van der Waals surface area contributed by atoms with Gasteiger partial charge in [0.1, 0.15) is 0 Å². The van der Waals surface area contributed by atoms with E-state index in [1.807, 2.05) is 6.92 Å². The van der Waals surface area contributed by atoms with Gasteiger partial charge in [-0.15, -0.1) is 0 Å². The van der Waals surface area contributed by atoms with E-state index in [1.54, 1.807) is 24.6 Å². The van der Waals surface area contributed by atoms with Crippen molar-refractivity contribution in [3.63, 3.8) is 0 Å². The van der Waals surface area contributed by atoms with Crippen LogP contribution in [0.25, 0.3) is 0 Å². The summed E-state index contributed by atoms with van der Waals surface area (Å²) < 4.78 is 25.6. The fraction of sp³-hybridized carbons (Fsp3) is 0.636. The van der Waals surface area contributed by atoms with Gasteiger partial charge in [0.25, 0.3) is 0 Å². The number of carboxylic acid groups (broad SMARTS) is 1. The molecule has 0 aliphatic heterocycles. The topological polar surface area (TPSA) is 89.3 Å². The maximum Gasteiger partial charge on any atom is 0.321 e. The van der Waals surface area contributed by atoms with Crippen molar-refractivity contribution in [1.82, 2.24) is 9.78 Å². The molecule has 1 aromatic heterocycles.